The summed E-state index contributed by atoms with van der Waals surface area (Å²) in [7, 11) is -3.76. The predicted octanol–water partition coefficient (Wildman–Crippen LogP) is 1.28. The van der Waals surface area contributed by atoms with E-state index in [0.29, 0.717) is 24.7 Å². The van der Waals surface area contributed by atoms with Gasteiger partial charge in [0.2, 0.25) is 10.0 Å². The smallest absolute Gasteiger partial charge is 0.241 e. The van der Waals surface area contributed by atoms with E-state index >= 15 is 0 Å². The highest BCUT2D eigenvalue weighted by molar-refractivity contribution is 7.89. The van der Waals surface area contributed by atoms with Gasteiger partial charge in [-0.05, 0) is 18.1 Å². The maximum Gasteiger partial charge on any atom is 0.241 e. The van der Waals surface area contributed by atoms with Crippen molar-refractivity contribution in [2.75, 3.05) is 13.2 Å². The van der Waals surface area contributed by atoms with E-state index in [1.165, 1.54) is 12.1 Å². The minimum absolute atomic E-state index is 0.0580. The van der Waals surface area contributed by atoms with Gasteiger partial charge >= 0.3 is 0 Å². The first-order chi connectivity index (χ1) is 9.44. The standard InChI is InChI=1S/C13H16N2O4S/c1-9(2)11(8-14)15-20(16,17)10-3-4-12-13(7-10)19-6-5-18-12/h3-4,7,9,11,15H,5-6H2,1-2H3. The van der Waals surface area contributed by atoms with Gasteiger partial charge in [-0.25, -0.2) is 8.42 Å². The molecule has 6 nitrogen and oxygen atoms in total. The van der Waals surface area contributed by atoms with Crippen molar-refractivity contribution in [1.29, 1.82) is 5.26 Å². The Balaban J connectivity index is 2.28. The SMILES string of the molecule is CC(C)C(C#N)NS(=O)(=O)c1ccc2c(c1)OCCO2. The summed E-state index contributed by atoms with van der Waals surface area (Å²) >= 11 is 0. The lowest BCUT2D eigenvalue weighted by Gasteiger charge is -2.20. The van der Waals surface area contributed by atoms with Gasteiger partial charge in [0.15, 0.2) is 11.5 Å². The van der Waals surface area contributed by atoms with E-state index < -0.39 is 16.1 Å². The number of hydrogen-bond acceptors (Lipinski definition) is 5. The Kier molecular flexibility index (Phi) is 4.16. The van der Waals surface area contributed by atoms with Crippen LogP contribution in [0.15, 0.2) is 23.1 Å². The molecule has 1 atom stereocenters. The number of nitrogens with zero attached hydrogens (tertiary/aromatic N) is 1. The Morgan fingerprint density at radius 3 is 2.50 bits per heavy atom. The van der Waals surface area contributed by atoms with Crippen LogP contribution in [-0.2, 0) is 10.0 Å². The van der Waals surface area contributed by atoms with Crippen molar-refractivity contribution < 1.29 is 17.9 Å². The van der Waals surface area contributed by atoms with E-state index in [-0.39, 0.29) is 10.8 Å². The Morgan fingerprint density at radius 2 is 1.90 bits per heavy atom. The van der Waals surface area contributed by atoms with Crippen LogP contribution in [0.1, 0.15) is 13.8 Å². The van der Waals surface area contributed by atoms with E-state index in [9.17, 15) is 8.42 Å². The third-order valence-electron chi connectivity index (χ3n) is 2.91. The third-order valence-corrected chi connectivity index (χ3v) is 4.35. The molecule has 0 amide bonds. The second-order valence-electron chi connectivity index (χ2n) is 4.78. The van der Waals surface area contributed by atoms with E-state index in [1.807, 2.05) is 6.07 Å². The minimum Gasteiger partial charge on any atom is -0.486 e. The Morgan fingerprint density at radius 1 is 1.25 bits per heavy atom. The third kappa shape index (κ3) is 3.03. The molecular formula is C13H16N2O4S. The first-order valence-corrected chi connectivity index (χ1v) is 7.74. The second-order valence-corrected chi connectivity index (χ2v) is 6.49. The molecule has 0 spiro atoms. The van der Waals surface area contributed by atoms with Gasteiger partial charge in [0, 0.05) is 6.07 Å². The van der Waals surface area contributed by atoms with Gasteiger partial charge in [-0.3, -0.25) is 0 Å². The first-order valence-electron chi connectivity index (χ1n) is 6.25. The van der Waals surface area contributed by atoms with Crippen molar-refractivity contribution in [3.8, 4) is 17.6 Å². The lowest BCUT2D eigenvalue weighted by Crippen LogP contribution is -2.37. The summed E-state index contributed by atoms with van der Waals surface area (Å²) in [5, 5.41) is 8.98. The second kappa shape index (κ2) is 5.69. The summed E-state index contributed by atoms with van der Waals surface area (Å²) < 4.78 is 37.5. The number of benzene rings is 1. The van der Waals surface area contributed by atoms with Crippen molar-refractivity contribution in [1.82, 2.24) is 4.72 Å². The van der Waals surface area contributed by atoms with Gasteiger partial charge in [0.05, 0.1) is 11.0 Å². The molecule has 1 aliphatic rings. The number of fused-ring (bicyclic) bond motifs is 1. The maximum absolute atomic E-state index is 12.2. The molecule has 0 saturated heterocycles. The Hall–Kier alpha value is -1.78. The molecule has 0 aliphatic carbocycles. The summed E-state index contributed by atoms with van der Waals surface area (Å²) in [5.74, 6) is 0.806. The van der Waals surface area contributed by atoms with E-state index in [0.717, 1.165) is 0 Å². The number of nitrogens with one attached hydrogen (secondary N) is 1. The topological polar surface area (TPSA) is 88.4 Å². The van der Waals surface area contributed by atoms with Gasteiger partial charge in [-0.2, -0.15) is 9.98 Å². The highest BCUT2D eigenvalue weighted by Gasteiger charge is 2.24. The van der Waals surface area contributed by atoms with Crippen LogP contribution in [0.2, 0.25) is 0 Å². The molecule has 1 aliphatic heterocycles. The number of sulfonamides is 1. The predicted molar refractivity (Wildman–Crippen MR) is 72.0 cm³/mol. The van der Waals surface area contributed by atoms with E-state index in [2.05, 4.69) is 4.72 Å². The van der Waals surface area contributed by atoms with Gasteiger partial charge < -0.3 is 9.47 Å². The summed E-state index contributed by atoms with van der Waals surface area (Å²) in [5.41, 5.74) is 0. The van der Waals surface area contributed by atoms with Crippen LogP contribution in [0.3, 0.4) is 0 Å². The fourth-order valence-corrected chi connectivity index (χ4v) is 3.04. The molecule has 108 valence electrons. The largest absolute Gasteiger partial charge is 0.486 e. The van der Waals surface area contributed by atoms with Crippen molar-refractivity contribution in [2.24, 2.45) is 5.92 Å². The minimum atomic E-state index is -3.76. The molecule has 0 fully saturated rings. The zero-order valence-electron chi connectivity index (χ0n) is 11.3. The lowest BCUT2D eigenvalue weighted by atomic mass is 10.1. The summed E-state index contributed by atoms with van der Waals surface area (Å²) in [6.45, 7) is 4.39. The molecule has 0 radical (unpaired) electrons. The van der Waals surface area contributed by atoms with Crippen molar-refractivity contribution in [3.63, 3.8) is 0 Å². The summed E-state index contributed by atoms with van der Waals surface area (Å²) in [6, 6.07) is 5.57. The van der Waals surface area contributed by atoms with Crippen LogP contribution in [0, 0.1) is 17.2 Å². The van der Waals surface area contributed by atoms with E-state index in [1.54, 1.807) is 19.9 Å². The highest BCUT2D eigenvalue weighted by Crippen LogP contribution is 2.32. The van der Waals surface area contributed by atoms with E-state index in [4.69, 9.17) is 14.7 Å². The quantitative estimate of drug-likeness (QED) is 0.904. The highest BCUT2D eigenvalue weighted by atomic mass is 32.2. The molecule has 0 aromatic heterocycles. The molecule has 1 aromatic carbocycles. The molecule has 1 unspecified atom stereocenters. The van der Waals surface area contributed by atoms with Crippen LogP contribution in [0.25, 0.3) is 0 Å². The van der Waals surface area contributed by atoms with Crippen molar-refractivity contribution >= 4 is 10.0 Å². The average Bonchev–Trinajstić information content (AvgIpc) is 2.44. The van der Waals surface area contributed by atoms with Crippen LogP contribution >= 0.6 is 0 Å². The zero-order valence-corrected chi connectivity index (χ0v) is 12.1. The first kappa shape index (κ1) is 14.6. The van der Waals surface area contributed by atoms with Crippen molar-refractivity contribution in [3.05, 3.63) is 18.2 Å². The van der Waals surface area contributed by atoms with Crippen molar-refractivity contribution in [2.45, 2.75) is 24.8 Å². The maximum atomic E-state index is 12.2. The molecule has 1 aromatic rings. The zero-order chi connectivity index (χ0) is 14.8. The lowest BCUT2D eigenvalue weighted by molar-refractivity contribution is 0.171. The number of rotatable bonds is 4. The summed E-state index contributed by atoms with van der Waals surface area (Å²) in [6.07, 6.45) is 0. The molecular weight excluding hydrogens is 280 g/mol. The van der Waals surface area contributed by atoms with Gasteiger partial charge in [-0.1, -0.05) is 13.8 Å². The van der Waals surface area contributed by atoms with Gasteiger partial charge in [0.25, 0.3) is 0 Å². The summed E-state index contributed by atoms with van der Waals surface area (Å²) in [4.78, 5) is 0.0580. The van der Waals surface area contributed by atoms with Gasteiger partial charge in [-0.15, -0.1) is 0 Å². The number of nitriles is 1. The molecule has 1 heterocycles. The molecule has 20 heavy (non-hydrogen) atoms. The fourth-order valence-electron chi connectivity index (χ4n) is 1.74. The normalized spacial score (nSPS) is 15.7. The Labute approximate surface area is 118 Å². The van der Waals surface area contributed by atoms with Crippen LogP contribution < -0.4 is 14.2 Å². The molecule has 0 saturated carbocycles. The van der Waals surface area contributed by atoms with Gasteiger partial charge in [0.1, 0.15) is 19.3 Å². The molecule has 7 heteroatoms. The van der Waals surface area contributed by atoms with Crippen LogP contribution in [-0.4, -0.2) is 27.7 Å². The fraction of sp³-hybridized carbons (Fsp3) is 0.462. The number of hydrogen-bond donors (Lipinski definition) is 1. The molecule has 0 bridgehead atoms. The van der Waals surface area contributed by atoms with Crippen LogP contribution in [0.4, 0.5) is 0 Å². The molecule has 1 N–H and O–H groups in total. The monoisotopic (exact) mass is 296 g/mol. The number of ether oxygens (including phenoxy) is 2. The molecule has 2 rings (SSSR count). The van der Waals surface area contributed by atoms with Crippen LogP contribution in [0.5, 0.6) is 11.5 Å². The average molecular weight is 296 g/mol. The Bertz CT molecular complexity index is 634.